The van der Waals surface area contributed by atoms with Crippen LogP contribution in [0.1, 0.15) is 37.8 Å². The van der Waals surface area contributed by atoms with Crippen molar-refractivity contribution < 1.29 is 9.84 Å². The van der Waals surface area contributed by atoms with E-state index in [1.165, 1.54) is 5.56 Å². The topological polar surface area (TPSA) is 29.5 Å². The molecule has 100 valence electrons. The Morgan fingerprint density at radius 2 is 2.17 bits per heavy atom. The number of ether oxygens (including phenoxy) is 1. The fourth-order valence-electron chi connectivity index (χ4n) is 1.82. The Kier molecular flexibility index (Phi) is 6.51. The van der Waals surface area contributed by atoms with Crippen molar-refractivity contribution in [2.24, 2.45) is 5.92 Å². The standard InChI is InChI=1S/C16H24O2/c1-4-14-9-10-16(18-3)15(11-14)8-6-5-7-13(2)12-17/h6,8-11,13,17H,4-5,7,12H2,1-3H3/b8-6+/t13-/m1/s1. The zero-order valence-electron chi connectivity index (χ0n) is 11.6. The highest BCUT2D eigenvalue weighted by molar-refractivity contribution is 5.58. The number of aliphatic hydroxyl groups excluding tert-OH is 1. The fourth-order valence-corrected chi connectivity index (χ4v) is 1.82. The molecule has 0 radical (unpaired) electrons. The van der Waals surface area contributed by atoms with Gasteiger partial charge in [-0.1, -0.05) is 32.1 Å². The molecule has 0 spiro atoms. The first kappa shape index (κ1) is 14.8. The molecular formula is C16H24O2. The van der Waals surface area contributed by atoms with Gasteiger partial charge in [-0.2, -0.15) is 0 Å². The number of hydrogen-bond donors (Lipinski definition) is 1. The third-order valence-electron chi connectivity index (χ3n) is 3.14. The van der Waals surface area contributed by atoms with Crippen LogP contribution in [-0.2, 0) is 6.42 Å². The van der Waals surface area contributed by atoms with Crippen molar-refractivity contribution in [3.05, 3.63) is 35.4 Å². The molecule has 0 amide bonds. The lowest BCUT2D eigenvalue weighted by Gasteiger charge is -2.07. The second-order valence-corrected chi connectivity index (χ2v) is 4.70. The van der Waals surface area contributed by atoms with E-state index in [2.05, 4.69) is 38.1 Å². The Bertz CT molecular complexity index is 383. The average molecular weight is 248 g/mol. The third kappa shape index (κ3) is 4.53. The highest BCUT2D eigenvalue weighted by Gasteiger charge is 2.01. The quantitative estimate of drug-likeness (QED) is 0.797. The van der Waals surface area contributed by atoms with Gasteiger partial charge in [-0.15, -0.1) is 0 Å². The monoisotopic (exact) mass is 248 g/mol. The van der Waals surface area contributed by atoms with E-state index in [1.807, 2.05) is 6.07 Å². The molecule has 1 atom stereocenters. The summed E-state index contributed by atoms with van der Waals surface area (Å²) in [6, 6.07) is 6.30. The Morgan fingerprint density at radius 1 is 1.39 bits per heavy atom. The predicted molar refractivity (Wildman–Crippen MR) is 76.9 cm³/mol. The Balaban J connectivity index is 2.66. The molecular weight excluding hydrogens is 224 g/mol. The van der Waals surface area contributed by atoms with E-state index in [9.17, 15) is 0 Å². The summed E-state index contributed by atoms with van der Waals surface area (Å²) < 4.78 is 5.35. The van der Waals surface area contributed by atoms with Crippen molar-refractivity contribution in [1.82, 2.24) is 0 Å². The van der Waals surface area contributed by atoms with Crippen molar-refractivity contribution in [3.63, 3.8) is 0 Å². The lowest BCUT2D eigenvalue weighted by atomic mass is 10.0. The maximum Gasteiger partial charge on any atom is 0.126 e. The van der Waals surface area contributed by atoms with Crippen LogP contribution < -0.4 is 4.74 Å². The summed E-state index contributed by atoms with van der Waals surface area (Å²) in [7, 11) is 1.70. The van der Waals surface area contributed by atoms with Gasteiger partial charge in [0.2, 0.25) is 0 Å². The van der Waals surface area contributed by atoms with Gasteiger partial charge in [0.15, 0.2) is 0 Å². The van der Waals surface area contributed by atoms with Crippen molar-refractivity contribution >= 4 is 6.08 Å². The van der Waals surface area contributed by atoms with E-state index in [0.29, 0.717) is 5.92 Å². The molecule has 2 nitrogen and oxygen atoms in total. The summed E-state index contributed by atoms with van der Waals surface area (Å²) in [5.41, 5.74) is 2.45. The second kappa shape index (κ2) is 7.93. The number of aryl methyl sites for hydroxylation is 1. The highest BCUT2D eigenvalue weighted by Crippen LogP contribution is 2.22. The average Bonchev–Trinajstić information content (AvgIpc) is 2.42. The molecule has 0 saturated heterocycles. The van der Waals surface area contributed by atoms with Crippen LogP contribution in [0.4, 0.5) is 0 Å². The normalized spacial score (nSPS) is 12.9. The minimum Gasteiger partial charge on any atom is -0.496 e. The van der Waals surface area contributed by atoms with Crippen molar-refractivity contribution in [2.45, 2.75) is 33.1 Å². The van der Waals surface area contributed by atoms with Crippen LogP contribution in [0.2, 0.25) is 0 Å². The molecule has 0 unspecified atom stereocenters. The molecule has 1 aromatic carbocycles. The van der Waals surface area contributed by atoms with Gasteiger partial charge in [-0.25, -0.2) is 0 Å². The first-order valence-electron chi connectivity index (χ1n) is 6.65. The summed E-state index contributed by atoms with van der Waals surface area (Å²) in [4.78, 5) is 0. The van der Waals surface area contributed by atoms with E-state index in [4.69, 9.17) is 9.84 Å². The molecule has 18 heavy (non-hydrogen) atoms. The molecule has 0 aliphatic heterocycles. The van der Waals surface area contributed by atoms with Crippen LogP contribution in [0.15, 0.2) is 24.3 Å². The summed E-state index contributed by atoms with van der Waals surface area (Å²) in [6.07, 6.45) is 7.31. The predicted octanol–water partition coefficient (Wildman–Crippen LogP) is 3.68. The molecule has 1 rings (SSSR count). The lowest BCUT2D eigenvalue weighted by Crippen LogP contribution is -1.98. The van der Waals surface area contributed by atoms with Crippen LogP contribution in [0.3, 0.4) is 0 Å². The van der Waals surface area contributed by atoms with Gasteiger partial charge < -0.3 is 9.84 Å². The Morgan fingerprint density at radius 3 is 2.78 bits per heavy atom. The SMILES string of the molecule is CCc1ccc(OC)c(/C=C/CC[C@@H](C)CO)c1. The summed E-state index contributed by atoms with van der Waals surface area (Å²) in [5.74, 6) is 1.29. The zero-order valence-corrected chi connectivity index (χ0v) is 11.6. The second-order valence-electron chi connectivity index (χ2n) is 4.70. The van der Waals surface area contributed by atoms with E-state index in [-0.39, 0.29) is 6.61 Å². The van der Waals surface area contributed by atoms with Crippen molar-refractivity contribution in [1.29, 1.82) is 0 Å². The lowest BCUT2D eigenvalue weighted by molar-refractivity contribution is 0.231. The number of methoxy groups -OCH3 is 1. The van der Waals surface area contributed by atoms with Gasteiger partial charge in [0, 0.05) is 12.2 Å². The van der Waals surface area contributed by atoms with Crippen molar-refractivity contribution in [2.75, 3.05) is 13.7 Å². The largest absolute Gasteiger partial charge is 0.496 e. The first-order chi connectivity index (χ1) is 8.71. The Labute approximate surface area is 110 Å². The van der Waals surface area contributed by atoms with Crippen molar-refractivity contribution in [3.8, 4) is 5.75 Å². The van der Waals surface area contributed by atoms with Gasteiger partial charge in [-0.05, 0) is 42.9 Å². The molecule has 1 N–H and O–H groups in total. The van der Waals surface area contributed by atoms with Gasteiger partial charge in [0.05, 0.1) is 7.11 Å². The molecule has 0 saturated carbocycles. The van der Waals surface area contributed by atoms with E-state index >= 15 is 0 Å². The number of benzene rings is 1. The van der Waals surface area contributed by atoms with Gasteiger partial charge in [0.25, 0.3) is 0 Å². The molecule has 1 aromatic rings. The maximum atomic E-state index is 8.96. The Hall–Kier alpha value is -1.28. The minimum atomic E-state index is 0.266. The molecule has 0 heterocycles. The van der Waals surface area contributed by atoms with E-state index in [0.717, 1.165) is 30.6 Å². The fraction of sp³-hybridized carbons (Fsp3) is 0.500. The third-order valence-corrected chi connectivity index (χ3v) is 3.14. The number of allylic oxidation sites excluding steroid dienone is 1. The minimum absolute atomic E-state index is 0.266. The van der Waals surface area contributed by atoms with Crippen LogP contribution in [0, 0.1) is 5.92 Å². The molecule has 0 bridgehead atoms. The smallest absolute Gasteiger partial charge is 0.126 e. The van der Waals surface area contributed by atoms with E-state index < -0.39 is 0 Å². The van der Waals surface area contributed by atoms with Crippen LogP contribution in [0.25, 0.3) is 6.08 Å². The molecule has 0 fully saturated rings. The zero-order chi connectivity index (χ0) is 13.4. The summed E-state index contributed by atoms with van der Waals surface area (Å²) in [5, 5.41) is 8.96. The van der Waals surface area contributed by atoms with Crippen LogP contribution in [-0.4, -0.2) is 18.8 Å². The highest BCUT2D eigenvalue weighted by atomic mass is 16.5. The first-order valence-corrected chi connectivity index (χ1v) is 6.65. The number of hydrogen-bond acceptors (Lipinski definition) is 2. The van der Waals surface area contributed by atoms with Crippen LogP contribution >= 0.6 is 0 Å². The molecule has 0 aliphatic rings. The number of rotatable bonds is 7. The maximum absolute atomic E-state index is 8.96. The van der Waals surface area contributed by atoms with Gasteiger partial charge in [-0.3, -0.25) is 0 Å². The molecule has 0 aliphatic carbocycles. The number of aliphatic hydroxyl groups is 1. The summed E-state index contributed by atoms with van der Waals surface area (Å²) in [6.45, 7) is 4.48. The van der Waals surface area contributed by atoms with Gasteiger partial charge in [0.1, 0.15) is 5.75 Å². The molecule has 2 heteroatoms. The molecule has 0 aromatic heterocycles. The van der Waals surface area contributed by atoms with E-state index in [1.54, 1.807) is 7.11 Å². The van der Waals surface area contributed by atoms with Crippen LogP contribution in [0.5, 0.6) is 5.75 Å². The summed E-state index contributed by atoms with van der Waals surface area (Å²) >= 11 is 0. The van der Waals surface area contributed by atoms with Gasteiger partial charge >= 0.3 is 0 Å².